The van der Waals surface area contributed by atoms with Gasteiger partial charge in [0, 0.05) is 55.1 Å². The van der Waals surface area contributed by atoms with Crippen molar-refractivity contribution in [1.82, 2.24) is 9.97 Å². The molecule has 202 valence electrons. The average Bonchev–Trinajstić information content (AvgIpc) is 3.76. The summed E-state index contributed by atoms with van der Waals surface area (Å²) in [5, 5.41) is 10.4. The van der Waals surface area contributed by atoms with Crippen LogP contribution in [-0.4, -0.2) is 58.9 Å². The number of aromatic nitrogens is 2. The second kappa shape index (κ2) is 9.75. The largest absolute Gasteiger partial charge is 0.479 e. The van der Waals surface area contributed by atoms with Crippen molar-refractivity contribution in [2.45, 2.75) is 37.1 Å². The van der Waals surface area contributed by atoms with Crippen LogP contribution < -0.4 is 16.4 Å². The number of methoxy groups -OCH3 is 2. The summed E-state index contributed by atoms with van der Waals surface area (Å²) >= 11 is 0. The molecule has 5 N–H and O–H groups in total. The Balaban J connectivity index is 1.94. The number of carboxylic acids is 1. The first-order chi connectivity index (χ1) is 18.7. The number of nitrogens with zero attached hydrogens (tertiary/aromatic N) is 3. The van der Waals surface area contributed by atoms with Crippen LogP contribution in [0.3, 0.4) is 0 Å². The lowest BCUT2D eigenvalue weighted by molar-refractivity contribution is -0.171. The zero-order valence-corrected chi connectivity index (χ0v) is 21.5. The van der Waals surface area contributed by atoms with Crippen LogP contribution in [0.1, 0.15) is 39.9 Å². The third kappa shape index (κ3) is 3.93. The number of nitrogen functional groups attached to an aromatic ring is 2. The van der Waals surface area contributed by atoms with E-state index in [2.05, 4.69) is 16.5 Å². The highest BCUT2D eigenvalue weighted by Crippen LogP contribution is 2.52. The van der Waals surface area contributed by atoms with E-state index in [1.165, 1.54) is 19.4 Å². The van der Waals surface area contributed by atoms with Gasteiger partial charge in [0.15, 0.2) is 6.23 Å². The van der Waals surface area contributed by atoms with Gasteiger partial charge in [-0.25, -0.2) is 14.2 Å². The molecule has 2 heterocycles. The molecule has 0 radical (unpaired) electrons. The van der Waals surface area contributed by atoms with Gasteiger partial charge in [0.1, 0.15) is 11.6 Å². The number of aliphatic carboxylic acids is 1. The number of ether oxygens (including phenoxy) is 2. The standard InChI is InChI=1S/C28H28FN5O5/c1-4-17-19(14-8-6-5-7-9-14)22-20(18(21(17)29)12-15-13-32-27(31)33-24(15)30)23(35)28(39-3,26(36)37)25(38-2)34(22)16-10-11-16/h4-9,13,16,25H,1,10-12H2,2-3H3,(H,36,37)(H4,30,31,32,33). The van der Waals surface area contributed by atoms with Crippen LogP contribution in [0.2, 0.25) is 0 Å². The first-order valence-electron chi connectivity index (χ1n) is 12.3. The predicted octanol–water partition coefficient (Wildman–Crippen LogP) is 3.29. The first kappa shape index (κ1) is 26.3. The highest BCUT2D eigenvalue weighted by atomic mass is 19.1. The molecule has 1 fully saturated rings. The van der Waals surface area contributed by atoms with Gasteiger partial charge in [0.25, 0.3) is 5.60 Å². The maximum Gasteiger partial charge on any atom is 0.349 e. The van der Waals surface area contributed by atoms with Crippen LogP contribution in [0.25, 0.3) is 17.2 Å². The zero-order chi connectivity index (χ0) is 28.1. The number of carboxylic acid groups (broad SMARTS) is 1. The number of nitrogens with two attached hydrogens (primary N) is 2. The first-order valence-corrected chi connectivity index (χ1v) is 12.3. The lowest BCUT2D eigenvalue weighted by Gasteiger charge is -2.47. The smallest absolute Gasteiger partial charge is 0.349 e. The summed E-state index contributed by atoms with van der Waals surface area (Å²) in [6, 6.07) is 8.83. The predicted molar refractivity (Wildman–Crippen MR) is 144 cm³/mol. The van der Waals surface area contributed by atoms with Gasteiger partial charge in [-0.2, -0.15) is 4.98 Å². The van der Waals surface area contributed by atoms with Gasteiger partial charge in [-0.15, -0.1) is 0 Å². The van der Waals surface area contributed by atoms with Crippen LogP contribution in [-0.2, 0) is 20.7 Å². The van der Waals surface area contributed by atoms with Crippen molar-refractivity contribution in [2.24, 2.45) is 0 Å². The van der Waals surface area contributed by atoms with Gasteiger partial charge in [-0.05, 0) is 18.4 Å². The highest BCUT2D eigenvalue weighted by molar-refractivity contribution is 6.22. The Bertz CT molecular complexity index is 1490. The van der Waals surface area contributed by atoms with Crippen LogP contribution >= 0.6 is 0 Å². The Morgan fingerprint density at radius 3 is 2.49 bits per heavy atom. The second-order valence-corrected chi connectivity index (χ2v) is 9.49. The number of anilines is 3. The van der Waals surface area contributed by atoms with Gasteiger partial charge in [0.2, 0.25) is 11.7 Å². The molecule has 1 saturated carbocycles. The summed E-state index contributed by atoms with van der Waals surface area (Å²) in [6.45, 7) is 3.86. The summed E-state index contributed by atoms with van der Waals surface area (Å²) < 4.78 is 27.8. The zero-order valence-electron chi connectivity index (χ0n) is 21.5. The van der Waals surface area contributed by atoms with E-state index < -0.39 is 29.4 Å². The average molecular weight is 534 g/mol. The van der Waals surface area contributed by atoms with Crippen LogP contribution in [0.4, 0.5) is 21.8 Å². The number of halogens is 1. The molecule has 3 aromatic rings. The number of hydrogen-bond donors (Lipinski definition) is 3. The Morgan fingerprint density at radius 1 is 1.26 bits per heavy atom. The fourth-order valence-electron chi connectivity index (χ4n) is 5.40. The lowest BCUT2D eigenvalue weighted by atomic mass is 9.77. The van der Waals surface area contributed by atoms with Crippen LogP contribution in [0, 0.1) is 5.82 Å². The summed E-state index contributed by atoms with van der Waals surface area (Å²) in [5.41, 5.74) is 10.9. The third-order valence-corrected chi connectivity index (χ3v) is 7.32. The minimum absolute atomic E-state index is 0.0104. The van der Waals surface area contributed by atoms with E-state index in [1.54, 1.807) is 29.2 Å². The molecule has 39 heavy (non-hydrogen) atoms. The maximum atomic E-state index is 16.6. The van der Waals surface area contributed by atoms with Crippen molar-refractivity contribution >= 4 is 35.3 Å². The normalized spacial score (nSPS) is 20.5. The number of hydrogen-bond acceptors (Lipinski definition) is 9. The van der Waals surface area contributed by atoms with Gasteiger partial charge >= 0.3 is 5.97 Å². The third-order valence-electron chi connectivity index (χ3n) is 7.32. The molecule has 2 atom stereocenters. The molecule has 0 amide bonds. The topological polar surface area (TPSA) is 154 Å². The van der Waals surface area contributed by atoms with E-state index in [1.807, 2.05) is 6.07 Å². The fraction of sp³-hybridized carbons (Fsp3) is 0.286. The number of carbonyl (C=O) groups excluding carboxylic acids is 1. The minimum atomic E-state index is -2.46. The molecular weight excluding hydrogens is 505 g/mol. The number of rotatable bonds is 8. The van der Waals surface area contributed by atoms with E-state index >= 15 is 4.39 Å². The molecule has 1 aliphatic heterocycles. The molecule has 10 nitrogen and oxygen atoms in total. The van der Waals surface area contributed by atoms with E-state index in [0.29, 0.717) is 22.4 Å². The molecule has 0 saturated heterocycles. The van der Waals surface area contributed by atoms with Crippen LogP contribution in [0.15, 0.2) is 43.1 Å². The number of ketones is 1. The molecule has 2 unspecified atom stereocenters. The summed E-state index contributed by atoms with van der Waals surface area (Å²) in [5.74, 6) is -3.28. The van der Waals surface area contributed by atoms with Crippen molar-refractivity contribution < 1.29 is 28.6 Å². The summed E-state index contributed by atoms with van der Waals surface area (Å²) in [4.78, 5) is 36.8. The number of benzene rings is 2. The van der Waals surface area contributed by atoms with Crippen molar-refractivity contribution in [3.05, 3.63) is 71.2 Å². The molecule has 1 aromatic heterocycles. The molecule has 2 aromatic carbocycles. The molecule has 11 heteroatoms. The Morgan fingerprint density at radius 2 is 1.95 bits per heavy atom. The Kier molecular flexibility index (Phi) is 6.57. The lowest BCUT2D eigenvalue weighted by Crippen LogP contribution is -2.67. The molecule has 1 aliphatic carbocycles. The van der Waals surface area contributed by atoms with Crippen molar-refractivity contribution in [2.75, 3.05) is 30.6 Å². The molecule has 0 bridgehead atoms. The Hall–Kier alpha value is -4.35. The molecule has 5 rings (SSSR count). The van der Waals surface area contributed by atoms with Gasteiger partial charge in [-0.1, -0.05) is 43.0 Å². The van der Waals surface area contributed by atoms with E-state index in [-0.39, 0.29) is 40.9 Å². The van der Waals surface area contributed by atoms with E-state index in [0.717, 1.165) is 20.0 Å². The number of carbonyl (C=O) groups is 2. The number of fused-ring (bicyclic) bond motifs is 1. The van der Waals surface area contributed by atoms with E-state index in [9.17, 15) is 14.7 Å². The van der Waals surface area contributed by atoms with Crippen molar-refractivity contribution in [3.8, 4) is 11.1 Å². The monoisotopic (exact) mass is 533 g/mol. The SMILES string of the molecule is C=Cc1c(F)c(Cc2cnc(N)nc2N)c2c(c1-c1ccccc1)N(C1CC1)C(OC)C(OC)(C(=O)O)C2=O. The van der Waals surface area contributed by atoms with E-state index in [4.69, 9.17) is 20.9 Å². The van der Waals surface area contributed by atoms with Crippen LogP contribution in [0.5, 0.6) is 0 Å². The molecule has 0 spiro atoms. The van der Waals surface area contributed by atoms with Gasteiger partial charge in [0.05, 0.1) is 11.3 Å². The van der Waals surface area contributed by atoms with Crippen molar-refractivity contribution in [3.63, 3.8) is 0 Å². The molecular formula is C28H28FN5O5. The quantitative estimate of drug-likeness (QED) is 0.368. The second-order valence-electron chi connectivity index (χ2n) is 9.49. The minimum Gasteiger partial charge on any atom is -0.479 e. The summed E-state index contributed by atoms with van der Waals surface area (Å²) in [6.07, 6.45) is 2.64. The fourth-order valence-corrected chi connectivity index (χ4v) is 5.40. The Labute approximate surface area is 224 Å². The molecule has 2 aliphatic rings. The van der Waals surface area contributed by atoms with Gasteiger partial charge < -0.3 is 30.9 Å². The maximum absolute atomic E-state index is 16.6. The highest BCUT2D eigenvalue weighted by Gasteiger charge is 2.63. The van der Waals surface area contributed by atoms with Crippen molar-refractivity contribution in [1.29, 1.82) is 0 Å². The number of Topliss-reactive ketones (excluding diaryl/α,β-unsaturated/α-hetero) is 1. The van der Waals surface area contributed by atoms with Gasteiger partial charge in [-0.3, -0.25) is 4.79 Å². The summed E-state index contributed by atoms with van der Waals surface area (Å²) in [7, 11) is 2.45.